The van der Waals surface area contributed by atoms with Crippen molar-refractivity contribution in [3.05, 3.63) is 52.2 Å². The van der Waals surface area contributed by atoms with Crippen LogP contribution < -0.4 is 10.5 Å². The molecule has 3 nitrogen and oxygen atoms in total. The summed E-state index contributed by atoms with van der Waals surface area (Å²) in [4.78, 5) is 4.46. The highest BCUT2D eigenvalue weighted by molar-refractivity contribution is 7.80. The van der Waals surface area contributed by atoms with Gasteiger partial charge in [-0.25, -0.2) is 4.98 Å². The average molecular weight is 293 g/mol. The van der Waals surface area contributed by atoms with E-state index >= 15 is 0 Å². The minimum atomic E-state index is 0.270. The van der Waals surface area contributed by atoms with Crippen molar-refractivity contribution in [2.24, 2.45) is 5.73 Å². The lowest BCUT2D eigenvalue weighted by atomic mass is 10.1. The number of nitrogens with zero attached hydrogens (tertiary/aromatic N) is 1. The summed E-state index contributed by atoms with van der Waals surface area (Å²) in [6, 6.07) is 7.25. The second kappa shape index (κ2) is 5.55. The number of aryl methyl sites for hydroxylation is 2. The third-order valence-corrected chi connectivity index (χ3v) is 3.34. The minimum Gasteiger partial charge on any atom is -0.438 e. The van der Waals surface area contributed by atoms with Gasteiger partial charge in [-0.05, 0) is 49.2 Å². The summed E-state index contributed by atoms with van der Waals surface area (Å²) < 4.78 is 5.75. The Balaban J connectivity index is 2.40. The van der Waals surface area contributed by atoms with Gasteiger partial charge >= 0.3 is 0 Å². The molecular formula is C14H13ClN2OS. The summed E-state index contributed by atoms with van der Waals surface area (Å²) in [7, 11) is 0. The van der Waals surface area contributed by atoms with Crippen LogP contribution in [0.25, 0.3) is 0 Å². The molecule has 0 saturated heterocycles. The zero-order chi connectivity index (χ0) is 14.0. The summed E-state index contributed by atoms with van der Waals surface area (Å²) >= 11 is 11.0. The predicted octanol–water partition coefficient (Wildman–Crippen LogP) is 3.78. The van der Waals surface area contributed by atoms with Crippen LogP contribution in [0.5, 0.6) is 11.6 Å². The van der Waals surface area contributed by atoms with Gasteiger partial charge in [-0.1, -0.05) is 23.8 Å². The van der Waals surface area contributed by atoms with Gasteiger partial charge in [-0.3, -0.25) is 0 Å². The lowest BCUT2D eigenvalue weighted by Crippen LogP contribution is -2.13. The molecule has 2 aromatic rings. The Morgan fingerprint density at radius 2 is 2.00 bits per heavy atom. The number of benzene rings is 1. The molecule has 0 amide bonds. The number of nitrogens with two attached hydrogens (primary N) is 1. The molecule has 0 atom stereocenters. The fourth-order valence-electron chi connectivity index (χ4n) is 1.70. The Morgan fingerprint density at radius 3 is 2.63 bits per heavy atom. The maximum absolute atomic E-state index is 5.98. The summed E-state index contributed by atoms with van der Waals surface area (Å²) in [5.74, 6) is 1.06. The lowest BCUT2D eigenvalue weighted by Gasteiger charge is -2.11. The lowest BCUT2D eigenvalue weighted by molar-refractivity contribution is 0.461. The molecule has 0 radical (unpaired) electrons. The highest BCUT2D eigenvalue weighted by Gasteiger charge is 2.12. The topological polar surface area (TPSA) is 48.1 Å². The second-order valence-electron chi connectivity index (χ2n) is 4.19. The first-order chi connectivity index (χ1) is 8.99. The van der Waals surface area contributed by atoms with Gasteiger partial charge in [0.05, 0.1) is 5.56 Å². The van der Waals surface area contributed by atoms with E-state index in [1.54, 1.807) is 18.3 Å². The molecule has 0 aliphatic heterocycles. The van der Waals surface area contributed by atoms with Crippen molar-refractivity contribution in [3.63, 3.8) is 0 Å². The van der Waals surface area contributed by atoms with Gasteiger partial charge in [0.2, 0.25) is 5.88 Å². The quantitative estimate of drug-likeness (QED) is 0.875. The summed E-state index contributed by atoms with van der Waals surface area (Å²) in [6.45, 7) is 3.82. The van der Waals surface area contributed by atoms with E-state index in [1.165, 1.54) is 0 Å². The molecule has 1 heterocycles. The Bertz CT molecular complexity index is 643. The zero-order valence-corrected chi connectivity index (χ0v) is 12.2. The van der Waals surface area contributed by atoms with E-state index < -0.39 is 0 Å². The van der Waals surface area contributed by atoms with Crippen LogP contribution >= 0.6 is 23.8 Å². The smallest absolute Gasteiger partial charge is 0.229 e. The van der Waals surface area contributed by atoms with Gasteiger partial charge in [-0.15, -0.1) is 0 Å². The molecule has 0 fully saturated rings. The molecule has 0 unspecified atom stereocenters. The molecule has 0 spiro atoms. The highest BCUT2D eigenvalue weighted by Crippen LogP contribution is 2.28. The number of pyridine rings is 1. The van der Waals surface area contributed by atoms with Crippen LogP contribution in [-0.4, -0.2) is 9.97 Å². The van der Waals surface area contributed by atoms with Crippen molar-refractivity contribution in [1.29, 1.82) is 0 Å². The molecule has 19 heavy (non-hydrogen) atoms. The molecule has 1 aromatic heterocycles. The predicted molar refractivity (Wildman–Crippen MR) is 81.1 cm³/mol. The van der Waals surface area contributed by atoms with Gasteiger partial charge in [0.15, 0.2) is 0 Å². The van der Waals surface area contributed by atoms with Gasteiger partial charge in [0, 0.05) is 11.2 Å². The van der Waals surface area contributed by atoms with Crippen molar-refractivity contribution in [2.45, 2.75) is 13.8 Å². The maximum atomic E-state index is 5.98. The van der Waals surface area contributed by atoms with E-state index in [0.717, 1.165) is 11.1 Å². The van der Waals surface area contributed by atoms with Gasteiger partial charge in [0.1, 0.15) is 10.7 Å². The standard InChI is InChI=1S/C14H13ClN2OS/c1-8-5-6-17-14(12(8)13(16)19)18-10-3-4-11(15)9(2)7-10/h3-7H,1-2H3,(H2,16,19). The van der Waals surface area contributed by atoms with E-state index in [2.05, 4.69) is 4.98 Å². The number of hydrogen-bond acceptors (Lipinski definition) is 3. The van der Waals surface area contributed by atoms with Crippen molar-refractivity contribution >= 4 is 28.8 Å². The van der Waals surface area contributed by atoms with Gasteiger partial charge < -0.3 is 10.5 Å². The van der Waals surface area contributed by atoms with Crippen LogP contribution in [0.3, 0.4) is 0 Å². The number of aromatic nitrogens is 1. The van der Waals surface area contributed by atoms with E-state index in [-0.39, 0.29) is 4.99 Å². The first-order valence-electron chi connectivity index (χ1n) is 5.68. The molecule has 0 aliphatic carbocycles. The number of ether oxygens (including phenoxy) is 1. The third kappa shape index (κ3) is 3.03. The number of hydrogen-bond donors (Lipinski definition) is 1. The van der Waals surface area contributed by atoms with Crippen LogP contribution in [0.4, 0.5) is 0 Å². The molecule has 1 aromatic carbocycles. The molecule has 0 aliphatic rings. The van der Waals surface area contributed by atoms with Crippen molar-refractivity contribution in [2.75, 3.05) is 0 Å². The first kappa shape index (κ1) is 13.8. The Hall–Kier alpha value is -1.65. The van der Waals surface area contributed by atoms with E-state index in [4.69, 9.17) is 34.3 Å². The Morgan fingerprint density at radius 1 is 1.26 bits per heavy atom. The summed E-state index contributed by atoms with van der Waals surface area (Å²) in [5.41, 5.74) is 8.24. The third-order valence-electron chi connectivity index (χ3n) is 2.71. The van der Waals surface area contributed by atoms with Gasteiger partial charge in [-0.2, -0.15) is 0 Å². The van der Waals surface area contributed by atoms with E-state index in [0.29, 0.717) is 22.2 Å². The fraction of sp³-hybridized carbons (Fsp3) is 0.143. The summed E-state index contributed by atoms with van der Waals surface area (Å²) in [6.07, 6.45) is 1.66. The Labute approximate surface area is 122 Å². The van der Waals surface area contributed by atoms with Crippen LogP contribution in [0.2, 0.25) is 5.02 Å². The zero-order valence-electron chi connectivity index (χ0n) is 10.6. The molecule has 2 N–H and O–H groups in total. The SMILES string of the molecule is Cc1cc(Oc2nccc(C)c2C(N)=S)ccc1Cl. The largest absolute Gasteiger partial charge is 0.438 e. The second-order valence-corrected chi connectivity index (χ2v) is 5.03. The average Bonchev–Trinajstić information content (AvgIpc) is 2.33. The van der Waals surface area contributed by atoms with Crippen molar-refractivity contribution in [3.8, 4) is 11.6 Å². The van der Waals surface area contributed by atoms with E-state index in [9.17, 15) is 0 Å². The molecular weight excluding hydrogens is 280 g/mol. The summed E-state index contributed by atoms with van der Waals surface area (Å²) in [5, 5.41) is 0.694. The van der Waals surface area contributed by atoms with Gasteiger partial charge in [0.25, 0.3) is 0 Å². The van der Waals surface area contributed by atoms with Crippen molar-refractivity contribution in [1.82, 2.24) is 4.98 Å². The minimum absolute atomic E-state index is 0.270. The molecule has 5 heteroatoms. The molecule has 0 bridgehead atoms. The van der Waals surface area contributed by atoms with Crippen molar-refractivity contribution < 1.29 is 4.74 Å². The number of thiocarbonyl (C=S) groups is 1. The molecule has 0 saturated carbocycles. The van der Waals surface area contributed by atoms with Crippen LogP contribution in [0.1, 0.15) is 16.7 Å². The Kier molecular flexibility index (Phi) is 4.02. The molecule has 2 rings (SSSR count). The van der Waals surface area contributed by atoms with E-state index in [1.807, 2.05) is 26.0 Å². The first-order valence-corrected chi connectivity index (χ1v) is 6.47. The molecule has 98 valence electrons. The number of rotatable bonds is 3. The fourth-order valence-corrected chi connectivity index (χ4v) is 2.07. The normalized spacial score (nSPS) is 10.3. The highest BCUT2D eigenvalue weighted by atomic mass is 35.5. The van der Waals surface area contributed by atoms with Crippen LogP contribution in [0.15, 0.2) is 30.5 Å². The maximum Gasteiger partial charge on any atom is 0.229 e. The van der Waals surface area contributed by atoms with Crippen LogP contribution in [0, 0.1) is 13.8 Å². The number of halogens is 1. The monoisotopic (exact) mass is 292 g/mol. The van der Waals surface area contributed by atoms with Crippen LogP contribution in [-0.2, 0) is 0 Å².